The average molecular weight is 218 g/mol. The topological polar surface area (TPSA) is 20.3 Å². The van der Waals surface area contributed by atoms with Crippen LogP contribution >= 0.6 is 11.6 Å². The molecular weight excluding hydrogens is 198 g/mol. The van der Waals surface area contributed by atoms with Gasteiger partial charge in [0.05, 0.1) is 0 Å². The molecule has 0 unspecified atom stereocenters. The molecule has 3 heteroatoms. The SMILES string of the molecule is CCCCC(=O)N1CCC(CCl)CC1. The van der Waals surface area contributed by atoms with E-state index < -0.39 is 0 Å². The molecule has 0 aromatic carbocycles. The van der Waals surface area contributed by atoms with Crippen molar-refractivity contribution in [3.8, 4) is 0 Å². The van der Waals surface area contributed by atoms with E-state index in [1.807, 2.05) is 4.90 Å². The molecule has 0 saturated carbocycles. The number of amides is 1. The molecule has 0 aromatic rings. The molecule has 0 aromatic heterocycles. The first-order valence-electron chi connectivity index (χ1n) is 5.61. The normalized spacial score (nSPS) is 18.6. The smallest absolute Gasteiger partial charge is 0.222 e. The minimum Gasteiger partial charge on any atom is -0.343 e. The zero-order valence-electron chi connectivity index (χ0n) is 8.97. The van der Waals surface area contributed by atoms with Gasteiger partial charge in [-0.2, -0.15) is 0 Å². The molecule has 0 aliphatic carbocycles. The van der Waals surface area contributed by atoms with Crippen LogP contribution in [0.4, 0.5) is 0 Å². The van der Waals surface area contributed by atoms with Crippen molar-refractivity contribution in [2.24, 2.45) is 5.92 Å². The highest BCUT2D eigenvalue weighted by Gasteiger charge is 2.21. The Bertz CT molecular complexity index is 176. The van der Waals surface area contributed by atoms with E-state index >= 15 is 0 Å². The summed E-state index contributed by atoms with van der Waals surface area (Å²) in [6.07, 6.45) is 5.02. The largest absolute Gasteiger partial charge is 0.343 e. The molecule has 1 amide bonds. The number of hydrogen-bond acceptors (Lipinski definition) is 1. The molecule has 14 heavy (non-hydrogen) atoms. The second-order valence-electron chi connectivity index (χ2n) is 4.08. The van der Waals surface area contributed by atoms with E-state index in [4.69, 9.17) is 11.6 Å². The Morgan fingerprint density at radius 2 is 2.07 bits per heavy atom. The molecular formula is C11H20ClNO. The van der Waals surface area contributed by atoms with Crippen molar-refractivity contribution in [2.75, 3.05) is 19.0 Å². The van der Waals surface area contributed by atoms with Gasteiger partial charge in [0.1, 0.15) is 0 Å². The Morgan fingerprint density at radius 1 is 1.43 bits per heavy atom. The van der Waals surface area contributed by atoms with Gasteiger partial charge in [-0.3, -0.25) is 4.79 Å². The zero-order valence-corrected chi connectivity index (χ0v) is 9.72. The van der Waals surface area contributed by atoms with E-state index in [0.29, 0.717) is 11.8 Å². The molecule has 0 radical (unpaired) electrons. The van der Waals surface area contributed by atoms with Crippen LogP contribution < -0.4 is 0 Å². The maximum Gasteiger partial charge on any atom is 0.222 e. The third kappa shape index (κ3) is 3.49. The summed E-state index contributed by atoms with van der Waals surface area (Å²) < 4.78 is 0. The molecule has 0 N–H and O–H groups in total. The predicted molar refractivity (Wildman–Crippen MR) is 59.5 cm³/mol. The fraction of sp³-hybridized carbons (Fsp3) is 0.909. The lowest BCUT2D eigenvalue weighted by molar-refractivity contribution is -0.132. The van der Waals surface area contributed by atoms with Crippen LogP contribution in [0.5, 0.6) is 0 Å². The summed E-state index contributed by atoms with van der Waals surface area (Å²) in [6.45, 7) is 3.95. The summed E-state index contributed by atoms with van der Waals surface area (Å²) in [5.74, 6) is 1.71. The predicted octanol–water partition coefficient (Wildman–Crippen LogP) is 2.65. The maximum atomic E-state index is 11.6. The molecule has 0 atom stereocenters. The summed E-state index contributed by atoms with van der Waals surface area (Å²) in [4.78, 5) is 13.6. The van der Waals surface area contributed by atoms with E-state index in [2.05, 4.69) is 6.92 Å². The molecule has 1 saturated heterocycles. The molecule has 82 valence electrons. The summed E-state index contributed by atoms with van der Waals surface area (Å²) in [5.41, 5.74) is 0. The van der Waals surface area contributed by atoms with Crippen molar-refractivity contribution in [2.45, 2.75) is 39.0 Å². The van der Waals surface area contributed by atoms with Crippen molar-refractivity contribution in [1.82, 2.24) is 4.90 Å². The van der Waals surface area contributed by atoms with Gasteiger partial charge in [0.25, 0.3) is 0 Å². The lowest BCUT2D eigenvalue weighted by Gasteiger charge is -2.31. The third-order valence-corrected chi connectivity index (χ3v) is 3.37. The number of likely N-dealkylation sites (tertiary alicyclic amines) is 1. The van der Waals surface area contributed by atoms with Gasteiger partial charge in [-0.25, -0.2) is 0 Å². The quantitative estimate of drug-likeness (QED) is 0.663. The van der Waals surface area contributed by atoms with Gasteiger partial charge >= 0.3 is 0 Å². The van der Waals surface area contributed by atoms with Crippen LogP contribution in [0.3, 0.4) is 0 Å². The Hall–Kier alpha value is -0.240. The standard InChI is InChI=1S/C11H20ClNO/c1-2-3-4-11(14)13-7-5-10(9-12)6-8-13/h10H,2-9H2,1H3. The molecule has 1 aliphatic heterocycles. The van der Waals surface area contributed by atoms with Gasteiger partial charge in [-0.15, -0.1) is 11.6 Å². The zero-order chi connectivity index (χ0) is 10.4. The van der Waals surface area contributed by atoms with Gasteiger partial charge in [0, 0.05) is 25.4 Å². The van der Waals surface area contributed by atoms with Crippen molar-refractivity contribution in [3.05, 3.63) is 0 Å². The number of unbranched alkanes of at least 4 members (excludes halogenated alkanes) is 1. The highest BCUT2D eigenvalue weighted by Crippen LogP contribution is 2.19. The highest BCUT2D eigenvalue weighted by molar-refractivity contribution is 6.18. The molecule has 0 spiro atoms. The Kier molecular flexibility index (Phi) is 5.31. The van der Waals surface area contributed by atoms with Gasteiger partial charge in [0.2, 0.25) is 5.91 Å². The first-order valence-corrected chi connectivity index (χ1v) is 6.15. The van der Waals surface area contributed by atoms with E-state index in [0.717, 1.165) is 51.1 Å². The number of piperidine rings is 1. The third-order valence-electron chi connectivity index (χ3n) is 2.93. The number of nitrogens with zero attached hydrogens (tertiary/aromatic N) is 1. The minimum absolute atomic E-state index is 0.333. The first kappa shape index (κ1) is 11.8. The van der Waals surface area contributed by atoms with Crippen LogP contribution in [0, 0.1) is 5.92 Å². The maximum absolute atomic E-state index is 11.6. The van der Waals surface area contributed by atoms with Crippen LogP contribution in [0.2, 0.25) is 0 Å². The Balaban J connectivity index is 2.23. The lowest BCUT2D eigenvalue weighted by Crippen LogP contribution is -2.38. The van der Waals surface area contributed by atoms with Crippen LogP contribution in [-0.4, -0.2) is 29.8 Å². The fourth-order valence-corrected chi connectivity index (χ4v) is 2.13. The Morgan fingerprint density at radius 3 is 2.57 bits per heavy atom. The molecule has 1 rings (SSSR count). The monoisotopic (exact) mass is 217 g/mol. The molecule has 1 heterocycles. The van der Waals surface area contributed by atoms with Crippen molar-refractivity contribution < 1.29 is 4.79 Å². The van der Waals surface area contributed by atoms with Gasteiger partial charge in [-0.1, -0.05) is 13.3 Å². The number of halogens is 1. The number of alkyl halides is 1. The summed E-state index contributed by atoms with van der Waals surface area (Å²) in [5, 5.41) is 0. The van der Waals surface area contributed by atoms with Gasteiger partial charge < -0.3 is 4.90 Å². The Labute approximate surface area is 91.6 Å². The van der Waals surface area contributed by atoms with E-state index in [9.17, 15) is 4.79 Å². The average Bonchev–Trinajstić information content (AvgIpc) is 2.26. The molecule has 2 nitrogen and oxygen atoms in total. The number of carbonyl (C=O) groups is 1. The van der Waals surface area contributed by atoms with Crippen LogP contribution in [0.25, 0.3) is 0 Å². The second-order valence-corrected chi connectivity index (χ2v) is 4.39. The van der Waals surface area contributed by atoms with E-state index in [1.165, 1.54) is 0 Å². The second kappa shape index (κ2) is 6.28. The van der Waals surface area contributed by atoms with Crippen molar-refractivity contribution >= 4 is 17.5 Å². The van der Waals surface area contributed by atoms with Crippen LogP contribution in [0.15, 0.2) is 0 Å². The van der Waals surface area contributed by atoms with Gasteiger partial charge in [0.15, 0.2) is 0 Å². The summed E-state index contributed by atoms with van der Waals surface area (Å²) in [6, 6.07) is 0. The minimum atomic E-state index is 0.333. The first-order chi connectivity index (χ1) is 6.77. The summed E-state index contributed by atoms with van der Waals surface area (Å²) >= 11 is 5.79. The van der Waals surface area contributed by atoms with Crippen LogP contribution in [0.1, 0.15) is 39.0 Å². The number of carbonyl (C=O) groups excluding carboxylic acids is 1. The van der Waals surface area contributed by atoms with Gasteiger partial charge in [-0.05, 0) is 25.2 Å². The molecule has 1 fully saturated rings. The van der Waals surface area contributed by atoms with Crippen LogP contribution in [-0.2, 0) is 4.79 Å². The van der Waals surface area contributed by atoms with Crippen molar-refractivity contribution in [3.63, 3.8) is 0 Å². The van der Waals surface area contributed by atoms with E-state index in [-0.39, 0.29) is 0 Å². The fourth-order valence-electron chi connectivity index (χ4n) is 1.82. The molecule has 0 bridgehead atoms. The number of rotatable bonds is 4. The summed E-state index contributed by atoms with van der Waals surface area (Å²) in [7, 11) is 0. The van der Waals surface area contributed by atoms with Crippen molar-refractivity contribution in [1.29, 1.82) is 0 Å². The molecule has 1 aliphatic rings. The van der Waals surface area contributed by atoms with E-state index in [1.54, 1.807) is 0 Å². The lowest BCUT2D eigenvalue weighted by atomic mass is 9.98. The highest BCUT2D eigenvalue weighted by atomic mass is 35.5. The number of hydrogen-bond donors (Lipinski definition) is 0.